The van der Waals surface area contributed by atoms with Crippen LogP contribution in [0.1, 0.15) is 20.9 Å². The van der Waals surface area contributed by atoms with E-state index in [9.17, 15) is 13.2 Å². The molecule has 156 valence electrons. The summed E-state index contributed by atoms with van der Waals surface area (Å²) in [5, 5.41) is 0.777. The number of rotatable bonds is 4. The first-order valence-electron chi connectivity index (χ1n) is 9.60. The van der Waals surface area contributed by atoms with Crippen LogP contribution in [0.25, 0.3) is 10.6 Å². The van der Waals surface area contributed by atoms with Crippen molar-refractivity contribution in [2.24, 2.45) is 0 Å². The molecular weight excluding hydrogens is 420 g/mol. The lowest BCUT2D eigenvalue weighted by Gasteiger charge is -2.33. The van der Waals surface area contributed by atoms with Crippen LogP contribution in [0.3, 0.4) is 0 Å². The molecule has 0 aliphatic carbocycles. The van der Waals surface area contributed by atoms with Crippen molar-refractivity contribution >= 4 is 27.3 Å². The van der Waals surface area contributed by atoms with Gasteiger partial charge in [0, 0.05) is 44.1 Å². The van der Waals surface area contributed by atoms with Crippen molar-refractivity contribution in [3.63, 3.8) is 0 Å². The normalized spacial score (nSPS) is 15.3. The first-order chi connectivity index (χ1) is 14.4. The van der Waals surface area contributed by atoms with Crippen LogP contribution in [0.4, 0.5) is 0 Å². The number of amides is 1. The summed E-state index contributed by atoms with van der Waals surface area (Å²) in [7, 11) is -3.55. The van der Waals surface area contributed by atoms with Crippen molar-refractivity contribution in [1.82, 2.24) is 19.2 Å². The van der Waals surface area contributed by atoms with Crippen molar-refractivity contribution in [1.29, 1.82) is 0 Å². The predicted octanol–water partition coefficient (Wildman–Crippen LogP) is 2.97. The summed E-state index contributed by atoms with van der Waals surface area (Å²) in [6, 6.07) is 10.6. The Bertz CT molecular complexity index is 1150. The second kappa shape index (κ2) is 8.25. The van der Waals surface area contributed by atoms with Gasteiger partial charge in [0.15, 0.2) is 0 Å². The van der Waals surface area contributed by atoms with E-state index in [1.807, 2.05) is 26.0 Å². The summed E-state index contributed by atoms with van der Waals surface area (Å²) in [4.78, 5) is 24.2. The molecule has 1 saturated heterocycles. The molecule has 0 bridgehead atoms. The monoisotopic (exact) mass is 442 g/mol. The van der Waals surface area contributed by atoms with Gasteiger partial charge in [-0.05, 0) is 38.1 Å². The SMILES string of the molecule is Cc1ccc(S(=O)(=O)N2CCN(C(=O)c3sc(-c4ccncc4)nc3C)CC2)cc1. The molecule has 3 heterocycles. The Morgan fingerprint density at radius 2 is 1.60 bits per heavy atom. The minimum absolute atomic E-state index is 0.0994. The van der Waals surface area contributed by atoms with Gasteiger partial charge in [0.05, 0.1) is 10.6 Å². The minimum atomic E-state index is -3.55. The topological polar surface area (TPSA) is 83.5 Å². The molecule has 0 saturated carbocycles. The third-order valence-electron chi connectivity index (χ3n) is 5.10. The molecule has 2 aromatic heterocycles. The summed E-state index contributed by atoms with van der Waals surface area (Å²) in [5.41, 5.74) is 2.62. The van der Waals surface area contributed by atoms with Gasteiger partial charge in [0.25, 0.3) is 5.91 Å². The molecule has 0 atom stereocenters. The number of thiazole rings is 1. The van der Waals surface area contributed by atoms with Crippen molar-refractivity contribution in [2.75, 3.05) is 26.2 Å². The van der Waals surface area contributed by atoms with Crippen LogP contribution in [-0.2, 0) is 10.0 Å². The van der Waals surface area contributed by atoms with Crippen molar-refractivity contribution in [3.05, 3.63) is 64.9 Å². The first-order valence-corrected chi connectivity index (χ1v) is 11.9. The lowest BCUT2D eigenvalue weighted by atomic mass is 10.2. The maximum absolute atomic E-state index is 13.0. The quantitative estimate of drug-likeness (QED) is 0.620. The van der Waals surface area contributed by atoms with Crippen molar-refractivity contribution in [2.45, 2.75) is 18.7 Å². The van der Waals surface area contributed by atoms with Crippen LogP contribution in [0.2, 0.25) is 0 Å². The van der Waals surface area contributed by atoms with Crippen LogP contribution in [-0.4, -0.2) is 59.7 Å². The van der Waals surface area contributed by atoms with E-state index in [0.29, 0.717) is 23.7 Å². The number of pyridine rings is 1. The highest BCUT2D eigenvalue weighted by atomic mass is 32.2. The van der Waals surface area contributed by atoms with Gasteiger partial charge in [-0.15, -0.1) is 11.3 Å². The summed E-state index contributed by atoms with van der Waals surface area (Å²) in [6.45, 7) is 5.00. The van der Waals surface area contributed by atoms with Crippen molar-refractivity contribution < 1.29 is 13.2 Å². The van der Waals surface area contributed by atoms with E-state index in [0.717, 1.165) is 16.1 Å². The van der Waals surface area contributed by atoms with E-state index in [1.165, 1.54) is 15.6 Å². The number of nitrogens with zero attached hydrogens (tertiary/aromatic N) is 4. The highest BCUT2D eigenvalue weighted by Gasteiger charge is 2.31. The summed E-state index contributed by atoms with van der Waals surface area (Å²) in [5.74, 6) is -0.0994. The van der Waals surface area contributed by atoms with Gasteiger partial charge < -0.3 is 4.90 Å². The van der Waals surface area contributed by atoms with Gasteiger partial charge in [-0.2, -0.15) is 4.31 Å². The van der Waals surface area contributed by atoms with Gasteiger partial charge in [-0.25, -0.2) is 13.4 Å². The maximum atomic E-state index is 13.0. The van der Waals surface area contributed by atoms with E-state index >= 15 is 0 Å². The molecule has 9 heteroatoms. The second-order valence-corrected chi connectivity index (χ2v) is 10.1. The number of hydrogen-bond acceptors (Lipinski definition) is 6. The number of carbonyl (C=O) groups is 1. The zero-order valence-electron chi connectivity index (χ0n) is 16.8. The average molecular weight is 443 g/mol. The molecule has 0 unspecified atom stereocenters. The number of hydrogen-bond donors (Lipinski definition) is 0. The zero-order chi connectivity index (χ0) is 21.3. The standard InChI is InChI=1S/C21H22N4O3S2/c1-15-3-5-18(6-4-15)30(27,28)25-13-11-24(12-14-25)21(26)19-16(2)23-20(29-19)17-7-9-22-10-8-17/h3-10H,11-14H2,1-2H3. The Balaban J connectivity index is 1.46. The zero-order valence-corrected chi connectivity index (χ0v) is 18.4. The molecule has 7 nitrogen and oxygen atoms in total. The van der Waals surface area contributed by atoms with E-state index in [4.69, 9.17) is 0 Å². The van der Waals surface area contributed by atoms with Gasteiger partial charge in [0.2, 0.25) is 10.0 Å². The van der Waals surface area contributed by atoms with Crippen LogP contribution in [0, 0.1) is 13.8 Å². The van der Waals surface area contributed by atoms with Gasteiger partial charge in [-0.1, -0.05) is 17.7 Å². The maximum Gasteiger partial charge on any atom is 0.265 e. The van der Waals surface area contributed by atoms with E-state index in [-0.39, 0.29) is 23.9 Å². The fourth-order valence-corrected chi connectivity index (χ4v) is 5.81. The number of piperazine rings is 1. The fourth-order valence-electron chi connectivity index (χ4n) is 3.35. The molecule has 30 heavy (non-hydrogen) atoms. The highest BCUT2D eigenvalue weighted by molar-refractivity contribution is 7.89. The molecule has 0 radical (unpaired) electrons. The highest BCUT2D eigenvalue weighted by Crippen LogP contribution is 2.29. The Labute approximate surface area is 180 Å². The molecule has 1 amide bonds. The molecule has 1 fully saturated rings. The van der Waals surface area contributed by atoms with E-state index in [1.54, 1.807) is 41.6 Å². The summed E-state index contributed by atoms with van der Waals surface area (Å²) < 4.78 is 27.2. The van der Waals surface area contributed by atoms with Crippen LogP contribution >= 0.6 is 11.3 Å². The molecule has 3 aromatic rings. The number of benzene rings is 1. The first kappa shape index (κ1) is 20.6. The molecule has 1 aromatic carbocycles. The third-order valence-corrected chi connectivity index (χ3v) is 8.21. The molecule has 4 rings (SSSR count). The number of aromatic nitrogens is 2. The third kappa shape index (κ3) is 4.00. The molecular formula is C21H22N4O3S2. The van der Waals surface area contributed by atoms with Gasteiger partial charge in [-0.3, -0.25) is 9.78 Å². The van der Waals surface area contributed by atoms with Crippen LogP contribution in [0.15, 0.2) is 53.7 Å². The fraction of sp³-hybridized carbons (Fsp3) is 0.286. The molecule has 1 aliphatic heterocycles. The van der Waals surface area contributed by atoms with E-state index in [2.05, 4.69) is 9.97 Å². The average Bonchev–Trinajstić information content (AvgIpc) is 3.16. The Kier molecular flexibility index (Phi) is 5.68. The molecule has 0 N–H and O–H groups in total. The number of aryl methyl sites for hydroxylation is 2. The van der Waals surface area contributed by atoms with Gasteiger partial charge in [0.1, 0.15) is 9.88 Å². The largest absolute Gasteiger partial charge is 0.335 e. The Morgan fingerprint density at radius 3 is 2.23 bits per heavy atom. The van der Waals surface area contributed by atoms with Crippen molar-refractivity contribution in [3.8, 4) is 10.6 Å². The van der Waals surface area contributed by atoms with Crippen LogP contribution < -0.4 is 0 Å². The molecule has 1 aliphatic rings. The number of sulfonamides is 1. The predicted molar refractivity (Wildman–Crippen MR) is 116 cm³/mol. The van der Waals surface area contributed by atoms with Gasteiger partial charge >= 0.3 is 0 Å². The lowest BCUT2D eigenvalue weighted by Crippen LogP contribution is -2.50. The number of carbonyl (C=O) groups excluding carboxylic acids is 1. The van der Waals surface area contributed by atoms with E-state index < -0.39 is 10.0 Å². The lowest BCUT2D eigenvalue weighted by molar-refractivity contribution is 0.0702. The summed E-state index contributed by atoms with van der Waals surface area (Å²) >= 11 is 1.36. The summed E-state index contributed by atoms with van der Waals surface area (Å²) in [6.07, 6.45) is 3.39. The van der Waals surface area contributed by atoms with Crippen LogP contribution in [0.5, 0.6) is 0 Å². The second-order valence-electron chi connectivity index (χ2n) is 7.18. The Morgan fingerprint density at radius 1 is 0.967 bits per heavy atom. The Hall–Kier alpha value is -2.62. The smallest absolute Gasteiger partial charge is 0.265 e. The molecule has 0 spiro atoms. The minimum Gasteiger partial charge on any atom is -0.335 e.